The van der Waals surface area contributed by atoms with E-state index in [0.29, 0.717) is 61.7 Å². The maximum atomic E-state index is 14.9. The Labute approximate surface area is 335 Å². The zero-order valence-electron chi connectivity index (χ0n) is 33.3. The first-order chi connectivity index (χ1) is 27.5. The minimum Gasteiger partial charge on any atom is -0.490 e. The van der Waals surface area contributed by atoms with Gasteiger partial charge in [0.25, 0.3) is 5.91 Å². The topological polar surface area (TPSA) is 126 Å². The van der Waals surface area contributed by atoms with Crippen molar-refractivity contribution in [2.45, 2.75) is 158 Å². The fourth-order valence-corrected chi connectivity index (χ4v) is 11.4. The summed E-state index contributed by atoms with van der Waals surface area (Å²) in [5, 5.41) is 17.4. The zero-order valence-corrected chi connectivity index (χ0v) is 33.3. The Morgan fingerprint density at radius 1 is 0.948 bits per heavy atom. The molecule has 2 N–H and O–H groups in total. The van der Waals surface area contributed by atoms with Crippen molar-refractivity contribution in [1.29, 1.82) is 0 Å². The van der Waals surface area contributed by atoms with Gasteiger partial charge in [-0.2, -0.15) is 13.2 Å². The number of anilines is 2. The number of hydrogen-bond donors (Lipinski definition) is 2. The molecule has 1 spiro atoms. The van der Waals surface area contributed by atoms with E-state index in [1.54, 1.807) is 11.8 Å². The highest BCUT2D eigenvalue weighted by Gasteiger charge is 2.57. The Morgan fingerprint density at radius 2 is 1.66 bits per heavy atom. The fourth-order valence-electron chi connectivity index (χ4n) is 11.4. The van der Waals surface area contributed by atoms with E-state index in [1.165, 1.54) is 0 Å². The highest BCUT2D eigenvalue weighted by Crippen LogP contribution is 2.53. The highest BCUT2D eigenvalue weighted by molar-refractivity contribution is 5.99. The van der Waals surface area contributed by atoms with Gasteiger partial charge in [0.1, 0.15) is 17.4 Å². The number of carboxylic acids is 1. The Morgan fingerprint density at radius 3 is 2.34 bits per heavy atom. The summed E-state index contributed by atoms with van der Waals surface area (Å²) >= 11 is 0. The number of ether oxygens (including phenoxy) is 1. The van der Waals surface area contributed by atoms with Crippen LogP contribution in [-0.2, 0) is 21.2 Å². The van der Waals surface area contributed by atoms with Gasteiger partial charge in [0.2, 0.25) is 11.9 Å². The average Bonchev–Trinajstić information content (AvgIpc) is 3.48. The number of alkyl halides is 5. The Balaban J connectivity index is 1.01. The van der Waals surface area contributed by atoms with Crippen LogP contribution in [0, 0.1) is 23.7 Å². The molecule has 2 aromatic rings. The number of aromatic nitrogens is 2. The highest BCUT2D eigenvalue weighted by atomic mass is 19.4. The molecule has 2 bridgehead atoms. The van der Waals surface area contributed by atoms with Crippen molar-refractivity contribution in [2.24, 2.45) is 28.8 Å². The molecule has 1 amide bonds. The van der Waals surface area contributed by atoms with Gasteiger partial charge in [-0.05, 0) is 124 Å². The number of carbonyl (C=O) groups excluding carboxylic acids is 1. The Kier molecular flexibility index (Phi) is 10.9. The summed E-state index contributed by atoms with van der Waals surface area (Å²) in [6.07, 6.45) is 6.06. The van der Waals surface area contributed by atoms with Gasteiger partial charge in [-0.25, -0.2) is 23.5 Å². The summed E-state index contributed by atoms with van der Waals surface area (Å²) in [6, 6.07) is 5.68. The number of benzene rings is 1. The number of halogens is 5. The molecule has 0 saturated heterocycles. The van der Waals surface area contributed by atoms with E-state index in [4.69, 9.17) is 9.57 Å². The van der Waals surface area contributed by atoms with Gasteiger partial charge in [0, 0.05) is 36.7 Å². The van der Waals surface area contributed by atoms with Gasteiger partial charge >= 0.3 is 12.1 Å². The van der Waals surface area contributed by atoms with Crippen LogP contribution in [0.5, 0.6) is 5.75 Å². The van der Waals surface area contributed by atoms with Gasteiger partial charge in [-0.15, -0.1) is 0 Å². The lowest BCUT2D eigenvalue weighted by Gasteiger charge is -2.52. The second-order valence-corrected chi connectivity index (χ2v) is 18.3. The van der Waals surface area contributed by atoms with Crippen molar-refractivity contribution in [3.05, 3.63) is 41.2 Å². The standard InChI is InChI=1S/C43H54F5N5O5/c1-25-18-27-20-26(2)42(38(55)56,28(19-25)21-27)51-37(54)33-23-49-39(50-36(33)43(46,47)48)53-24-40(14-4-3-5-15-40)34-22-32(10-11-35(34)53)57-30-6-8-31(9-7-30)58-52-29-12-16-41(44,45)17-13-29/h10-11,22-23,25-28,30-31H,3-9,12-21,24H2,1-2H3,(H,51,54)(H,55,56). The number of nitrogens with one attached hydrogen (secondary N) is 1. The summed E-state index contributed by atoms with van der Waals surface area (Å²) in [6.45, 7) is 4.19. The Hall–Kier alpha value is -4.04. The van der Waals surface area contributed by atoms with Crippen LogP contribution >= 0.6 is 0 Å². The first-order valence-electron chi connectivity index (χ1n) is 21.2. The first kappa shape index (κ1) is 40.7. The predicted molar refractivity (Wildman–Crippen MR) is 205 cm³/mol. The van der Waals surface area contributed by atoms with Crippen molar-refractivity contribution >= 4 is 29.2 Å². The fraction of sp³-hybridized carbons (Fsp3) is 0.698. The SMILES string of the molecule is CC1CC2CC(C)C(NC(=O)c3cnc(N4CC5(CCCCC5)c5cc(OC6CCC(ON=C7CCC(F)(F)CC7)CC6)ccc54)nc3C(F)(F)F)(C(=O)O)C(C1)C2. The molecule has 2 heterocycles. The van der Waals surface area contributed by atoms with Crippen LogP contribution in [-0.4, -0.2) is 62.9 Å². The molecule has 5 aliphatic carbocycles. The molecule has 10 nitrogen and oxygen atoms in total. The summed E-state index contributed by atoms with van der Waals surface area (Å²) in [7, 11) is 0. The zero-order chi connectivity index (χ0) is 41.0. The van der Waals surface area contributed by atoms with Crippen LogP contribution in [0.15, 0.2) is 29.6 Å². The quantitative estimate of drug-likeness (QED) is 0.199. The molecule has 15 heteroatoms. The third-order valence-corrected chi connectivity index (χ3v) is 14.3. The summed E-state index contributed by atoms with van der Waals surface area (Å²) in [5.41, 5.74) is -1.89. The normalized spacial score (nSPS) is 31.6. The molecule has 8 rings (SSSR count). The molecule has 58 heavy (non-hydrogen) atoms. The summed E-state index contributed by atoms with van der Waals surface area (Å²) in [4.78, 5) is 42.7. The molecule has 5 fully saturated rings. The van der Waals surface area contributed by atoms with Crippen LogP contribution in [0.3, 0.4) is 0 Å². The van der Waals surface area contributed by atoms with Gasteiger partial charge in [-0.3, -0.25) is 4.79 Å². The number of amides is 1. The van der Waals surface area contributed by atoms with Crippen LogP contribution in [0.4, 0.5) is 33.6 Å². The summed E-state index contributed by atoms with van der Waals surface area (Å²) < 4.78 is 78.1. The number of aliphatic carboxylic acids is 1. The van der Waals surface area contributed by atoms with Gasteiger partial charge in [0.15, 0.2) is 5.69 Å². The van der Waals surface area contributed by atoms with E-state index in [1.807, 2.05) is 18.2 Å². The Bertz CT molecular complexity index is 1900. The van der Waals surface area contributed by atoms with Crippen LogP contribution in [0.1, 0.15) is 145 Å². The number of carbonyl (C=O) groups is 2. The number of nitrogens with zero attached hydrogens (tertiary/aromatic N) is 4. The van der Waals surface area contributed by atoms with Gasteiger partial charge in [-0.1, -0.05) is 38.3 Å². The third-order valence-electron chi connectivity index (χ3n) is 14.3. The maximum Gasteiger partial charge on any atom is 0.434 e. The second-order valence-electron chi connectivity index (χ2n) is 18.3. The molecule has 5 saturated carbocycles. The lowest BCUT2D eigenvalue weighted by Crippen LogP contribution is -2.66. The largest absolute Gasteiger partial charge is 0.490 e. The third kappa shape index (κ3) is 7.87. The molecule has 1 aliphatic heterocycles. The number of carboxylic acid groups (broad SMARTS) is 1. The molecule has 6 aliphatic rings. The lowest BCUT2D eigenvalue weighted by atomic mass is 9.56. The number of oxime groups is 1. The first-order valence-corrected chi connectivity index (χ1v) is 21.2. The van der Waals surface area contributed by atoms with Crippen molar-refractivity contribution in [3.63, 3.8) is 0 Å². The van der Waals surface area contributed by atoms with Crippen molar-refractivity contribution in [2.75, 3.05) is 11.4 Å². The molecule has 1 aromatic heterocycles. The predicted octanol–water partition coefficient (Wildman–Crippen LogP) is 9.77. The van der Waals surface area contributed by atoms with E-state index < -0.39 is 52.6 Å². The second kappa shape index (κ2) is 15.5. The van der Waals surface area contributed by atoms with Crippen LogP contribution in [0.2, 0.25) is 0 Å². The number of hydrogen-bond acceptors (Lipinski definition) is 8. The molecular weight excluding hydrogens is 761 g/mol. The van der Waals surface area contributed by atoms with E-state index >= 15 is 0 Å². The molecule has 1 aromatic carbocycles. The smallest absolute Gasteiger partial charge is 0.434 e. The van der Waals surface area contributed by atoms with Gasteiger partial charge in [0.05, 0.1) is 17.4 Å². The van der Waals surface area contributed by atoms with E-state index in [0.717, 1.165) is 63.1 Å². The minimum atomic E-state index is -5.02. The number of rotatable bonds is 8. The monoisotopic (exact) mass is 815 g/mol. The van der Waals surface area contributed by atoms with E-state index in [9.17, 15) is 36.6 Å². The molecule has 5 atom stereocenters. The van der Waals surface area contributed by atoms with Crippen molar-refractivity contribution in [3.8, 4) is 5.75 Å². The average molecular weight is 816 g/mol. The maximum absolute atomic E-state index is 14.9. The van der Waals surface area contributed by atoms with Crippen LogP contribution in [0.25, 0.3) is 0 Å². The lowest BCUT2D eigenvalue weighted by molar-refractivity contribution is -0.155. The summed E-state index contributed by atoms with van der Waals surface area (Å²) in [5.74, 6) is -4.81. The van der Waals surface area contributed by atoms with Crippen LogP contribution < -0.4 is 15.0 Å². The number of fused-ring (bicyclic) bond motifs is 4. The molecular formula is C43H54F5N5O5. The minimum absolute atomic E-state index is 0.0742. The molecule has 5 unspecified atom stereocenters. The van der Waals surface area contributed by atoms with E-state index in [-0.39, 0.29) is 55.2 Å². The van der Waals surface area contributed by atoms with Crippen molar-refractivity contribution < 1.29 is 46.2 Å². The van der Waals surface area contributed by atoms with E-state index in [2.05, 4.69) is 27.4 Å². The van der Waals surface area contributed by atoms with Gasteiger partial charge < -0.3 is 24.9 Å². The van der Waals surface area contributed by atoms with Crippen molar-refractivity contribution in [1.82, 2.24) is 15.3 Å². The molecule has 316 valence electrons. The molecule has 0 radical (unpaired) electrons.